The molecule has 0 saturated heterocycles. The normalized spacial score (nSPS) is 16.8. The summed E-state index contributed by atoms with van der Waals surface area (Å²) in [6.45, 7) is 4.80. The van der Waals surface area contributed by atoms with E-state index in [0.29, 0.717) is 0 Å². The van der Waals surface area contributed by atoms with Crippen LogP contribution in [0.3, 0.4) is 0 Å². The summed E-state index contributed by atoms with van der Waals surface area (Å²) in [6, 6.07) is 29.3. The van der Waals surface area contributed by atoms with Crippen molar-refractivity contribution in [3.63, 3.8) is 0 Å². The largest absolute Gasteiger partial charge is 0.309 e. The van der Waals surface area contributed by atoms with E-state index in [1.807, 2.05) is 0 Å². The fourth-order valence-electron chi connectivity index (χ4n) is 6.03. The van der Waals surface area contributed by atoms with Crippen molar-refractivity contribution >= 4 is 38.3 Å². The average molecular weight is 412 g/mol. The highest BCUT2D eigenvalue weighted by atomic mass is 15.0. The lowest BCUT2D eigenvalue weighted by atomic mass is 9.71. The summed E-state index contributed by atoms with van der Waals surface area (Å²) in [5, 5.41) is 5.28. The molecule has 0 spiro atoms. The third-order valence-corrected chi connectivity index (χ3v) is 7.68. The van der Waals surface area contributed by atoms with E-state index in [-0.39, 0.29) is 5.41 Å². The van der Waals surface area contributed by atoms with Crippen LogP contribution in [0.2, 0.25) is 0 Å². The Morgan fingerprint density at radius 2 is 1.56 bits per heavy atom. The van der Waals surface area contributed by atoms with Gasteiger partial charge in [-0.3, -0.25) is 0 Å². The van der Waals surface area contributed by atoms with Crippen molar-refractivity contribution in [1.29, 1.82) is 0 Å². The molecular formula is C31H25N. The lowest BCUT2D eigenvalue weighted by Gasteiger charge is -2.37. The van der Waals surface area contributed by atoms with Gasteiger partial charge in [-0.2, -0.15) is 0 Å². The SMILES string of the molecule is CC1(C)C2=C(C=CCC2)n2c3ccc(-c4ccc5ccccc5c4)cc3c3cccc1c32. The molecule has 4 aromatic carbocycles. The van der Waals surface area contributed by atoms with Crippen molar-refractivity contribution in [3.8, 4) is 11.1 Å². The first-order valence-electron chi connectivity index (χ1n) is 11.6. The predicted molar refractivity (Wildman–Crippen MR) is 137 cm³/mol. The summed E-state index contributed by atoms with van der Waals surface area (Å²) in [5.41, 5.74) is 9.71. The van der Waals surface area contributed by atoms with Crippen LogP contribution in [-0.4, -0.2) is 4.57 Å². The molecule has 2 aliphatic rings. The Labute approximate surface area is 188 Å². The Morgan fingerprint density at radius 3 is 2.47 bits per heavy atom. The van der Waals surface area contributed by atoms with Gasteiger partial charge in [0.05, 0.1) is 11.0 Å². The fourth-order valence-corrected chi connectivity index (χ4v) is 6.03. The maximum atomic E-state index is 2.53. The highest BCUT2D eigenvalue weighted by molar-refractivity contribution is 6.14. The highest BCUT2D eigenvalue weighted by Gasteiger charge is 2.36. The summed E-state index contributed by atoms with van der Waals surface area (Å²) >= 11 is 0. The Bertz CT molecular complexity index is 1640. The quantitative estimate of drug-likeness (QED) is 0.261. The van der Waals surface area contributed by atoms with Crippen molar-refractivity contribution in [2.45, 2.75) is 32.1 Å². The number of nitrogens with zero attached hydrogens (tertiary/aromatic N) is 1. The molecule has 0 fully saturated rings. The van der Waals surface area contributed by atoms with Crippen LogP contribution < -0.4 is 0 Å². The minimum absolute atomic E-state index is 0.0607. The van der Waals surface area contributed by atoms with E-state index in [1.54, 1.807) is 5.57 Å². The lowest BCUT2D eigenvalue weighted by Crippen LogP contribution is -2.28. The number of fused-ring (bicyclic) bond motifs is 5. The van der Waals surface area contributed by atoms with Crippen LogP contribution >= 0.6 is 0 Å². The molecule has 0 radical (unpaired) electrons. The second-order valence-corrected chi connectivity index (χ2v) is 9.76. The molecule has 0 amide bonds. The molecule has 154 valence electrons. The van der Waals surface area contributed by atoms with Gasteiger partial charge >= 0.3 is 0 Å². The zero-order chi connectivity index (χ0) is 21.4. The molecule has 5 aromatic rings. The van der Waals surface area contributed by atoms with Crippen molar-refractivity contribution in [2.24, 2.45) is 0 Å². The number of hydrogen-bond donors (Lipinski definition) is 0. The van der Waals surface area contributed by atoms with Gasteiger partial charge in [0.25, 0.3) is 0 Å². The fraction of sp³-hybridized carbons (Fsp3) is 0.161. The first kappa shape index (κ1) is 18.0. The monoisotopic (exact) mass is 411 g/mol. The van der Waals surface area contributed by atoms with Crippen LogP contribution in [0.1, 0.15) is 32.3 Å². The number of para-hydroxylation sites is 1. The molecular weight excluding hydrogens is 386 g/mol. The average Bonchev–Trinajstić information content (AvgIpc) is 3.17. The van der Waals surface area contributed by atoms with E-state index in [1.165, 1.54) is 55.0 Å². The van der Waals surface area contributed by atoms with Crippen molar-refractivity contribution < 1.29 is 0 Å². The van der Waals surface area contributed by atoms with Gasteiger partial charge in [-0.25, -0.2) is 0 Å². The molecule has 0 unspecified atom stereocenters. The molecule has 0 bridgehead atoms. The second-order valence-electron chi connectivity index (χ2n) is 9.76. The Hall–Kier alpha value is -3.58. The summed E-state index contributed by atoms with van der Waals surface area (Å²) in [4.78, 5) is 0. The van der Waals surface area contributed by atoms with Crippen LogP contribution in [-0.2, 0) is 5.41 Å². The molecule has 0 saturated carbocycles. The van der Waals surface area contributed by atoms with E-state index in [9.17, 15) is 0 Å². The topological polar surface area (TPSA) is 4.93 Å². The van der Waals surface area contributed by atoms with Crippen LogP contribution in [0.4, 0.5) is 0 Å². The van der Waals surface area contributed by atoms with E-state index in [4.69, 9.17) is 0 Å². The molecule has 0 N–H and O–H groups in total. The van der Waals surface area contributed by atoms with Gasteiger partial charge in [0.15, 0.2) is 0 Å². The molecule has 7 rings (SSSR count). The maximum absolute atomic E-state index is 2.53. The first-order valence-corrected chi connectivity index (χ1v) is 11.6. The number of allylic oxidation sites excluding steroid dienone is 4. The standard InChI is InChI=1S/C31H25N/c1-31(2)26-11-5-6-13-29(26)32-28-17-16-23(19-25(28)24-10-7-12-27(31)30(24)32)22-15-14-20-8-3-4-9-21(20)18-22/h3-4,6-10,12-19H,5,11H2,1-2H3. The third kappa shape index (κ3) is 2.29. The van der Waals surface area contributed by atoms with Gasteiger partial charge < -0.3 is 4.57 Å². The van der Waals surface area contributed by atoms with Crippen molar-refractivity contribution in [3.05, 3.63) is 102 Å². The zero-order valence-corrected chi connectivity index (χ0v) is 18.5. The van der Waals surface area contributed by atoms with Gasteiger partial charge in [0, 0.05) is 21.9 Å². The molecule has 1 aliphatic heterocycles. The van der Waals surface area contributed by atoms with Gasteiger partial charge in [-0.1, -0.05) is 80.6 Å². The summed E-state index contributed by atoms with van der Waals surface area (Å²) < 4.78 is 2.53. The summed E-state index contributed by atoms with van der Waals surface area (Å²) in [5.74, 6) is 0. The van der Waals surface area contributed by atoms with Crippen LogP contribution in [0.5, 0.6) is 0 Å². The second kappa shape index (κ2) is 6.23. The summed E-state index contributed by atoms with van der Waals surface area (Å²) in [7, 11) is 0. The van der Waals surface area contributed by atoms with Crippen LogP contribution in [0.15, 0.2) is 96.6 Å². The number of hydrogen-bond acceptors (Lipinski definition) is 0. The first-order chi connectivity index (χ1) is 15.6. The van der Waals surface area contributed by atoms with Gasteiger partial charge in [-0.15, -0.1) is 0 Å². The Morgan fingerprint density at radius 1 is 0.750 bits per heavy atom. The molecule has 1 nitrogen and oxygen atoms in total. The summed E-state index contributed by atoms with van der Waals surface area (Å²) in [6.07, 6.45) is 6.97. The lowest BCUT2D eigenvalue weighted by molar-refractivity contribution is 0.585. The third-order valence-electron chi connectivity index (χ3n) is 7.68. The Kier molecular flexibility index (Phi) is 3.51. The minimum atomic E-state index is 0.0607. The number of benzene rings is 4. The number of aromatic nitrogens is 1. The highest BCUT2D eigenvalue weighted by Crippen LogP contribution is 2.50. The molecule has 0 atom stereocenters. The van der Waals surface area contributed by atoms with Gasteiger partial charge in [-0.05, 0) is 70.2 Å². The molecule has 32 heavy (non-hydrogen) atoms. The Balaban J connectivity index is 1.54. The van der Waals surface area contributed by atoms with E-state index in [0.717, 1.165) is 12.8 Å². The zero-order valence-electron chi connectivity index (χ0n) is 18.5. The van der Waals surface area contributed by atoms with Crippen molar-refractivity contribution in [2.75, 3.05) is 0 Å². The van der Waals surface area contributed by atoms with Crippen LogP contribution in [0.25, 0.3) is 49.4 Å². The molecule has 2 heterocycles. The van der Waals surface area contributed by atoms with E-state index < -0.39 is 0 Å². The van der Waals surface area contributed by atoms with E-state index in [2.05, 4.69) is 109 Å². The number of rotatable bonds is 1. The molecule has 1 aromatic heterocycles. The van der Waals surface area contributed by atoms with Crippen LogP contribution in [0, 0.1) is 0 Å². The molecule has 1 aliphatic carbocycles. The molecule has 1 heteroatoms. The van der Waals surface area contributed by atoms with E-state index >= 15 is 0 Å². The van der Waals surface area contributed by atoms with Gasteiger partial charge in [0.1, 0.15) is 0 Å². The smallest absolute Gasteiger partial charge is 0.0581 e. The van der Waals surface area contributed by atoms with Crippen molar-refractivity contribution in [1.82, 2.24) is 4.57 Å². The maximum Gasteiger partial charge on any atom is 0.0581 e. The van der Waals surface area contributed by atoms with Gasteiger partial charge in [0.2, 0.25) is 0 Å². The minimum Gasteiger partial charge on any atom is -0.309 e. The predicted octanol–water partition coefficient (Wildman–Crippen LogP) is 8.47.